The Labute approximate surface area is 146 Å². The van der Waals surface area contributed by atoms with Crippen molar-refractivity contribution < 1.29 is 18.8 Å². The quantitative estimate of drug-likeness (QED) is 0.505. The van der Waals surface area contributed by atoms with Gasteiger partial charge in [-0.15, -0.1) is 9.95 Å². The summed E-state index contributed by atoms with van der Waals surface area (Å²) < 4.78 is 18.4. The first-order valence-electron chi connectivity index (χ1n) is 7.77. The van der Waals surface area contributed by atoms with Crippen LogP contribution in [0.2, 0.25) is 0 Å². The van der Waals surface area contributed by atoms with Crippen LogP contribution in [0.15, 0.2) is 40.9 Å². The van der Waals surface area contributed by atoms with Crippen LogP contribution in [0.3, 0.4) is 0 Å². The number of hydrogen-bond donors (Lipinski definition) is 3. The Balaban J connectivity index is 1.50. The summed E-state index contributed by atoms with van der Waals surface area (Å²) in [7, 11) is 0. The highest BCUT2D eigenvalue weighted by atomic mass is 19.1. The number of nitrogens with one attached hydrogen (secondary N) is 1. The van der Waals surface area contributed by atoms with E-state index in [1.54, 1.807) is 24.3 Å². The van der Waals surface area contributed by atoms with Gasteiger partial charge in [-0.1, -0.05) is 18.2 Å². The van der Waals surface area contributed by atoms with Crippen molar-refractivity contribution in [1.82, 2.24) is 19.9 Å². The molecule has 0 radical (unpaired) electrons. The van der Waals surface area contributed by atoms with Crippen molar-refractivity contribution >= 4 is 16.9 Å². The second-order valence-electron chi connectivity index (χ2n) is 5.82. The van der Waals surface area contributed by atoms with Gasteiger partial charge < -0.3 is 20.3 Å². The van der Waals surface area contributed by atoms with Crippen LogP contribution in [0.1, 0.15) is 27.6 Å². The first-order valence-corrected chi connectivity index (χ1v) is 7.77. The molecule has 0 saturated carbocycles. The summed E-state index contributed by atoms with van der Waals surface area (Å²) in [6.07, 6.45) is 0.448. The van der Waals surface area contributed by atoms with E-state index >= 15 is 0 Å². The maximum Gasteiger partial charge on any atom is 0.284 e. The van der Waals surface area contributed by atoms with Crippen molar-refractivity contribution in [3.63, 3.8) is 0 Å². The molecule has 0 aliphatic heterocycles. The summed E-state index contributed by atoms with van der Waals surface area (Å²) in [5.74, 6) is -0.601. The Kier molecular flexibility index (Phi) is 3.68. The van der Waals surface area contributed by atoms with E-state index in [1.807, 2.05) is 0 Å². The molecule has 2 heterocycles. The number of carbonyl (C=O) groups excluding carboxylic acids is 1. The van der Waals surface area contributed by atoms with Crippen molar-refractivity contribution in [2.24, 2.45) is 5.73 Å². The van der Waals surface area contributed by atoms with Gasteiger partial charge in [-0.3, -0.25) is 4.79 Å². The average Bonchev–Trinajstić information content (AvgIpc) is 3.02. The summed E-state index contributed by atoms with van der Waals surface area (Å²) in [6, 6.07) is 9.45. The summed E-state index contributed by atoms with van der Waals surface area (Å²) in [5.41, 5.74) is 7.36. The normalized spacial score (nSPS) is 11.3. The number of primary amides is 1. The summed E-state index contributed by atoms with van der Waals surface area (Å²) >= 11 is 0. The number of rotatable bonds is 5. The topological polar surface area (TPSA) is 123 Å². The number of amides is 1. The van der Waals surface area contributed by atoms with Crippen molar-refractivity contribution in [2.75, 3.05) is 0 Å². The molecule has 132 valence electrons. The molecule has 4 aromatic rings. The molecule has 0 saturated heterocycles. The third-order valence-corrected chi connectivity index (χ3v) is 3.95. The first kappa shape index (κ1) is 15.9. The number of nitrogens with zero attached hydrogens (tertiary/aromatic N) is 3. The number of aromatic nitrogens is 4. The van der Waals surface area contributed by atoms with Crippen LogP contribution in [0, 0.1) is 5.82 Å². The van der Waals surface area contributed by atoms with Crippen LogP contribution >= 0.6 is 0 Å². The predicted octanol–water partition coefficient (Wildman–Crippen LogP) is 1.94. The molecule has 4 N–H and O–H groups in total. The Morgan fingerprint density at radius 3 is 2.69 bits per heavy atom. The molecule has 1 amide bonds. The van der Waals surface area contributed by atoms with E-state index in [0.29, 0.717) is 23.4 Å². The van der Waals surface area contributed by atoms with E-state index in [9.17, 15) is 14.3 Å². The minimum Gasteiger partial charge on any atom is -0.505 e. The number of halogens is 1. The maximum absolute atomic E-state index is 12.9. The van der Waals surface area contributed by atoms with Crippen LogP contribution in [0.5, 0.6) is 5.75 Å². The van der Waals surface area contributed by atoms with E-state index in [4.69, 9.17) is 10.3 Å². The van der Waals surface area contributed by atoms with E-state index in [-0.39, 0.29) is 29.5 Å². The van der Waals surface area contributed by atoms with Crippen molar-refractivity contribution in [3.8, 4) is 5.75 Å². The van der Waals surface area contributed by atoms with Crippen LogP contribution in [0.25, 0.3) is 11.0 Å². The summed E-state index contributed by atoms with van der Waals surface area (Å²) in [5, 5.41) is 14.5. The third-order valence-electron chi connectivity index (χ3n) is 3.95. The number of benzene rings is 2. The maximum atomic E-state index is 12.9. The van der Waals surface area contributed by atoms with E-state index in [2.05, 4.69) is 15.1 Å². The monoisotopic (exact) mass is 355 g/mol. The van der Waals surface area contributed by atoms with Crippen LogP contribution < -0.4 is 5.73 Å². The fraction of sp³-hybridized carbons (Fsp3) is 0.118. The average molecular weight is 355 g/mol. The molecule has 0 aliphatic carbocycles. The van der Waals surface area contributed by atoms with Gasteiger partial charge in [-0.25, -0.2) is 9.37 Å². The molecule has 9 heteroatoms. The molecular formula is C17H14FN5O3. The van der Waals surface area contributed by atoms with Gasteiger partial charge in [0.15, 0.2) is 5.82 Å². The zero-order chi connectivity index (χ0) is 18.3. The SMILES string of the molecule is NC(=O)c1nc2c(O)c(Cn3nc(Cc4ccc(F)cc4)o3)ccc2[nH]1. The molecular weight excluding hydrogens is 341 g/mol. The lowest BCUT2D eigenvalue weighted by atomic mass is 10.1. The molecule has 0 aliphatic rings. The Hall–Kier alpha value is -3.62. The Morgan fingerprint density at radius 2 is 2.00 bits per heavy atom. The molecule has 8 nitrogen and oxygen atoms in total. The number of phenols is 1. The summed E-state index contributed by atoms with van der Waals surface area (Å²) in [6.45, 7) is 0.202. The second kappa shape index (κ2) is 6.03. The number of aromatic hydroxyl groups is 1. The number of imidazole rings is 1. The van der Waals surface area contributed by atoms with E-state index in [0.717, 1.165) is 5.56 Å². The molecule has 4 rings (SSSR count). The van der Waals surface area contributed by atoms with Gasteiger partial charge in [0.05, 0.1) is 11.9 Å². The number of fused-ring (bicyclic) bond motifs is 1. The molecule has 2 aromatic carbocycles. The zero-order valence-electron chi connectivity index (χ0n) is 13.4. The molecule has 0 fully saturated rings. The van der Waals surface area contributed by atoms with Gasteiger partial charge in [-0.05, 0) is 23.8 Å². The fourth-order valence-corrected chi connectivity index (χ4v) is 2.66. The summed E-state index contributed by atoms with van der Waals surface area (Å²) in [4.78, 5) is 19.2. The number of phenolic OH excluding ortho intramolecular Hbond substituents is 1. The first-order chi connectivity index (χ1) is 12.5. The van der Waals surface area contributed by atoms with Crippen LogP contribution in [-0.4, -0.2) is 30.9 Å². The minimum absolute atomic E-state index is 0.0211. The highest BCUT2D eigenvalue weighted by Gasteiger charge is 2.16. The second-order valence-corrected chi connectivity index (χ2v) is 5.82. The lowest BCUT2D eigenvalue weighted by molar-refractivity contribution is 0.0991. The number of hydrogen-bond acceptors (Lipinski definition) is 5. The smallest absolute Gasteiger partial charge is 0.284 e. The molecule has 0 atom stereocenters. The van der Waals surface area contributed by atoms with Gasteiger partial charge in [0, 0.05) is 5.56 Å². The number of aromatic amines is 1. The fourth-order valence-electron chi connectivity index (χ4n) is 2.66. The Bertz CT molecular complexity index is 1080. The highest BCUT2D eigenvalue weighted by Crippen LogP contribution is 2.28. The number of carbonyl (C=O) groups is 1. The van der Waals surface area contributed by atoms with E-state index < -0.39 is 5.91 Å². The highest BCUT2D eigenvalue weighted by molar-refractivity contribution is 5.94. The molecule has 2 aromatic heterocycles. The van der Waals surface area contributed by atoms with Crippen molar-refractivity contribution in [1.29, 1.82) is 0 Å². The Morgan fingerprint density at radius 1 is 1.27 bits per heavy atom. The van der Waals surface area contributed by atoms with Crippen molar-refractivity contribution in [2.45, 2.75) is 13.0 Å². The van der Waals surface area contributed by atoms with E-state index in [1.165, 1.54) is 17.0 Å². The largest absolute Gasteiger partial charge is 0.505 e. The van der Waals surface area contributed by atoms with Gasteiger partial charge in [0.2, 0.25) is 5.89 Å². The molecule has 26 heavy (non-hydrogen) atoms. The predicted molar refractivity (Wildman–Crippen MR) is 89.1 cm³/mol. The molecule has 0 unspecified atom stereocenters. The van der Waals surface area contributed by atoms with Gasteiger partial charge >= 0.3 is 0 Å². The lowest BCUT2D eigenvalue weighted by Crippen LogP contribution is -2.14. The standard InChI is InChI=1S/C17H14FN5O3/c18-11-4-1-9(2-5-11)7-13-22-23(26-13)8-10-3-6-12-14(15(10)24)21-17(20-12)16(19)25/h1-6,24H,7-8H2,(H2,19,25)(H,20,21). The van der Waals surface area contributed by atoms with Gasteiger partial charge in [0.25, 0.3) is 5.91 Å². The zero-order valence-corrected chi connectivity index (χ0v) is 13.4. The van der Waals surface area contributed by atoms with Crippen LogP contribution in [0.4, 0.5) is 4.39 Å². The van der Waals surface area contributed by atoms with Crippen molar-refractivity contribution in [3.05, 3.63) is 65.1 Å². The van der Waals surface area contributed by atoms with Gasteiger partial charge in [0.1, 0.15) is 23.6 Å². The molecule has 0 spiro atoms. The van der Waals surface area contributed by atoms with Crippen LogP contribution in [-0.2, 0) is 13.0 Å². The van der Waals surface area contributed by atoms with Gasteiger partial charge in [-0.2, -0.15) is 0 Å². The number of nitrogens with two attached hydrogens (primary N) is 1. The third kappa shape index (κ3) is 2.90. The lowest BCUT2D eigenvalue weighted by Gasteiger charge is -2.12. The number of H-pyrrole nitrogens is 1. The molecule has 0 bridgehead atoms. The minimum atomic E-state index is -0.705.